The second-order valence-electron chi connectivity index (χ2n) is 5.93. The van der Waals surface area contributed by atoms with Crippen LogP contribution in [0.15, 0.2) is 0 Å². The molecule has 138 valence electrons. The van der Waals surface area contributed by atoms with Crippen molar-refractivity contribution in [2.75, 3.05) is 39.1 Å². The summed E-state index contributed by atoms with van der Waals surface area (Å²) in [5, 5.41) is 5.67. The van der Waals surface area contributed by atoms with Gasteiger partial charge in [-0.15, -0.1) is 12.4 Å². The Kier molecular flexibility index (Phi) is 11.8. The fraction of sp³-hybridized carbons (Fsp3) is 0.929. The van der Waals surface area contributed by atoms with Crippen molar-refractivity contribution in [2.45, 2.75) is 38.6 Å². The third-order valence-corrected chi connectivity index (χ3v) is 5.12. The summed E-state index contributed by atoms with van der Waals surface area (Å²) in [5.41, 5.74) is 0. The highest BCUT2D eigenvalue weighted by molar-refractivity contribution is 7.90. The van der Waals surface area contributed by atoms with Gasteiger partial charge < -0.3 is 15.4 Å². The SMILES string of the molecule is COCCNCCNC(=O)CS(=O)(=O)NC1CCC(C)CC1.Cl. The van der Waals surface area contributed by atoms with Crippen LogP contribution in [-0.4, -0.2) is 59.5 Å². The molecule has 0 spiro atoms. The number of hydrogen-bond donors (Lipinski definition) is 3. The molecule has 1 saturated carbocycles. The van der Waals surface area contributed by atoms with Crippen LogP contribution in [0.4, 0.5) is 0 Å². The second-order valence-corrected chi connectivity index (χ2v) is 7.68. The van der Waals surface area contributed by atoms with Crippen LogP contribution in [0.25, 0.3) is 0 Å². The third-order valence-electron chi connectivity index (χ3n) is 3.79. The molecule has 0 saturated heterocycles. The van der Waals surface area contributed by atoms with Gasteiger partial charge in [0.25, 0.3) is 0 Å². The summed E-state index contributed by atoms with van der Waals surface area (Å²) in [6, 6.07) is -0.0234. The molecule has 9 heteroatoms. The Balaban J connectivity index is 0.00000484. The number of carbonyl (C=O) groups is 1. The summed E-state index contributed by atoms with van der Waals surface area (Å²) in [5.74, 6) is -0.309. The van der Waals surface area contributed by atoms with Crippen molar-refractivity contribution in [3.63, 3.8) is 0 Å². The molecule has 1 aliphatic rings. The van der Waals surface area contributed by atoms with Gasteiger partial charge in [-0.05, 0) is 31.6 Å². The van der Waals surface area contributed by atoms with Crippen LogP contribution in [-0.2, 0) is 19.6 Å². The third kappa shape index (κ3) is 10.9. The Morgan fingerprint density at radius 2 is 1.78 bits per heavy atom. The Hall–Kier alpha value is -0.410. The van der Waals surface area contributed by atoms with Crippen LogP contribution in [0.1, 0.15) is 32.6 Å². The summed E-state index contributed by atoms with van der Waals surface area (Å²) in [6.45, 7) is 4.47. The minimum Gasteiger partial charge on any atom is -0.383 e. The minimum absolute atomic E-state index is 0. The number of amides is 1. The average Bonchev–Trinajstić information content (AvgIpc) is 2.44. The van der Waals surface area contributed by atoms with Crippen LogP contribution in [0.5, 0.6) is 0 Å². The molecule has 0 bridgehead atoms. The Bertz CT molecular complexity index is 426. The van der Waals surface area contributed by atoms with Gasteiger partial charge in [0.15, 0.2) is 0 Å². The number of hydrogen-bond acceptors (Lipinski definition) is 5. The highest BCUT2D eigenvalue weighted by Crippen LogP contribution is 2.23. The molecule has 3 N–H and O–H groups in total. The molecule has 0 radical (unpaired) electrons. The number of methoxy groups -OCH3 is 1. The lowest BCUT2D eigenvalue weighted by Gasteiger charge is -2.26. The van der Waals surface area contributed by atoms with Crippen molar-refractivity contribution in [3.05, 3.63) is 0 Å². The lowest BCUT2D eigenvalue weighted by Crippen LogP contribution is -2.43. The van der Waals surface area contributed by atoms with Gasteiger partial charge in [-0.25, -0.2) is 13.1 Å². The summed E-state index contributed by atoms with van der Waals surface area (Å²) in [6.07, 6.45) is 3.77. The van der Waals surface area contributed by atoms with E-state index in [2.05, 4.69) is 22.3 Å². The summed E-state index contributed by atoms with van der Waals surface area (Å²) in [7, 11) is -1.93. The van der Waals surface area contributed by atoms with Gasteiger partial charge in [0.2, 0.25) is 15.9 Å². The maximum atomic E-state index is 12.0. The number of ether oxygens (including phenoxy) is 1. The molecule has 1 fully saturated rings. The van der Waals surface area contributed by atoms with Crippen molar-refractivity contribution < 1.29 is 17.9 Å². The smallest absolute Gasteiger partial charge is 0.236 e. The molecule has 0 atom stereocenters. The van der Waals surface area contributed by atoms with Gasteiger partial charge in [-0.1, -0.05) is 6.92 Å². The maximum absolute atomic E-state index is 12.0. The topological polar surface area (TPSA) is 96.5 Å². The molecule has 1 aliphatic carbocycles. The number of halogens is 1. The highest BCUT2D eigenvalue weighted by Gasteiger charge is 2.24. The molecular weight excluding hydrogens is 342 g/mol. The summed E-state index contributed by atoms with van der Waals surface area (Å²) < 4.78 is 31.4. The van der Waals surface area contributed by atoms with Crippen LogP contribution < -0.4 is 15.4 Å². The van der Waals surface area contributed by atoms with E-state index in [4.69, 9.17) is 4.74 Å². The van der Waals surface area contributed by atoms with E-state index in [9.17, 15) is 13.2 Å². The first kappa shape index (κ1) is 22.6. The molecule has 0 unspecified atom stereocenters. The van der Waals surface area contributed by atoms with Gasteiger partial charge >= 0.3 is 0 Å². The van der Waals surface area contributed by atoms with Gasteiger partial charge in [-0.2, -0.15) is 0 Å². The molecule has 0 aromatic carbocycles. The van der Waals surface area contributed by atoms with Crippen molar-refractivity contribution in [2.24, 2.45) is 5.92 Å². The zero-order valence-corrected chi connectivity index (χ0v) is 15.6. The maximum Gasteiger partial charge on any atom is 0.236 e. The summed E-state index contributed by atoms with van der Waals surface area (Å²) in [4.78, 5) is 11.7. The molecule has 23 heavy (non-hydrogen) atoms. The van der Waals surface area contributed by atoms with Gasteiger partial charge in [0, 0.05) is 32.8 Å². The average molecular weight is 372 g/mol. The van der Waals surface area contributed by atoms with E-state index >= 15 is 0 Å². The van der Waals surface area contributed by atoms with E-state index in [1.54, 1.807) is 7.11 Å². The molecular formula is C14H30ClN3O4S. The Morgan fingerprint density at radius 1 is 1.13 bits per heavy atom. The number of nitrogens with one attached hydrogen (secondary N) is 3. The normalized spacial score (nSPS) is 21.5. The van der Waals surface area contributed by atoms with Crippen molar-refractivity contribution in [3.8, 4) is 0 Å². The van der Waals surface area contributed by atoms with E-state index < -0.39 is 21.7 Å². The van der Waals surface area contributed by atoms with Crippen LogP contribution in [0, 0.1) is 5.92 Å². The molecule has 0 aliphatic heterocycles. The summed E-state index contributed by atoms with van der Waals surface area (Å²) >= 11 is 0. The first-order chi connectivity index (χ1) is 10.4. The largest absolute Gasteiger partial charge is 0.383 e. The van der Waals surface area contributed by atoms with Gasteiger partial charge in [-0.3, -0.25) is 4.79 Å². The number of sulfonamides is 1. The van der Waals surface area contributed by atoms with Gasteiger partial charge in [0.05, 0.1) is 6.61 Å². The first-order valence-corrected chi connectivity index (χ1v) is 9.54. The molecule has 1 amide bonds. The standard InChI is InChI=1S/C14H29N3O4S.ClH/c1-12-3-5-13(6-4-12)17-22(19,20)11-14(18)16-8-7-15-9-10-21-2;/h12-13,15,17H,3-11H2,1-2H3,(H,16,18);1H. The molecule has 7 nitrogen and oxygen atoms in total. The van der Waals surface area contributed by atoms with Crippen LogP contribution in [0.2, 0.25) is 0 Å². The fourth-order valence-electron chi connectivity index (χ4n) is 2.49. The Morgan fingerprint density at radius 3 is 2.39 bits per heavy atom. The van der Waals surface area contributed by atoms with E-state index in [1.165, 1.54) is 0 Å². The van der Waals surface area contributed by atoms with Crippen LogP contribution in [0.3, 0.4) is 0 Å². The lowest BCUT2D eigenvalue weighted by atomic mass is 9.88. The molecule has 0 aromatic heterocycles. The van der Waals surface area contributed by atoms with E-state index in [-0.39, 0.29) is 18.4 Å². The minimum atomic E-state index is -3.55. The van der Waals surface area contributed by atoms with E-state index in [1.807, 2.05) is 0 Å². The number of carbonyl (C=O) groups excluding carboxylic acids is 1. The van der Waals surface area contributed by atoms with Gasteiger partial charge in [0.1, 0.15) is 5.75 Å². The van der Waals surface area contributed by atoms with E-state index in [0.29, 0.717) is 32.2 Å². The lowest BCUT2D eigenvalue weighted by molar-refractivity contribution is -0.118. The first-order valence-electron chi connectivity index (χ1n) is 7.89. The predicted molar refractivity (Wildman–Crippen MR) is 93.3 cm³/mol. The molecule has 0 heterocycles. The fourth-order valence-corrected chi connectivity index (χ4v) is 3.76. The highest BCUT2D eigenvalue weighted by atomic mass is 35.5. The zero-order valence-electron chi connectivity index (χ0n) is 14.0. The van der Waals surface area contributed by atoms with Crippen molar-refractivity contribution in [1.82, 2.24) is 15.4 Å². The number of rotatable bonds is 10. The second kappa shape index (κ2) is 12.0. The van der Waals surface area contributed by atoms with Crippen molar-refractivity contribution >= 4 is 28.3 Å². The quantitative estimate of drug-likeness (QED) is 0.479. The van der Waals surface area contributed by atoms with E-state index in [0.717, 1.165) is 25.7 Å². The molecule has 1 rings (SSSR count). The zero-order chi connectivity index (χ0) is 16.4. The molecule has 0 aromatic rings. The predicted octanol–water partition coefficient (Wildman–Crippen LogP) is 0.259. The Labute approximate surface area is 145 Å². The monoisotopic (exact) mass is 371 g/mol. The van der Waals surface area contributed by atoms with Crippen LogP contribution >= 0.6 is 12.4 Å². The van der Waals surface area contributed by atoms with Crippen molar-refractivity contribution in [1.29, 1.82) is 0 Å².